The van der Waals surface area contributed by atoms with Gasteiger partial charge >= 0.3 is 0 Å². The molecule has 0 radical (unpaired) electrons. The van der Waals surface area contributed by atoms with Gasteiger partial charge in [-0.05, 0) is 55.4 Å². The second kappa shape index (κ2) is 6.38. The van der Waals surface area contributed by atoms with Crippen LogP contribution < -0.4 is 10.6 Å². The van der Waals surface area contributed by atoms with E-state index >= 15 is 0 Å². The minimum atomic E-state index is -0.188. The van der Waals surface area contributed by atoms with Crippen LogP contribution >= 0.6 is 0 Å². The first-order valence-corrected chi connectivity index (χ1v) is 7.36. The van der Waals surface area contributed by atoms with Crippen LogP contribution in [0.25, 0.3) is 0 Å². The molecular weight excluding hydrogens is 239 g/mol. The van der Waals surface area contributed by atoms with E-state index in [1.807, 2.05) is 6.07 Å². The van der Waals surface area contributed by atoms with Crippen LogP contribution in [0.2, 0.25) is 0 Å². The summed E-state index contributed by atoms with van der Waals surface area (Å²) in [7, 11) is 2.08. The predicted molar refractivity (Wildman–Crippen MR) is 78.7 cm³/mol. The van der Waals surface area contributed by atoms with E-state index in [4.69, 9.17) is 5.73 Å². The summed E-state index contributed by atoms with van der Waals surface area (Å²) in [6.07, 6.45) is 6.30. The number of benzene rings is 1. The maximum Gasteiger partial charge on any atom is 0.125 e. The van der Waals surface area contributed by atoms with Gasteiger partial charge in [-0.2, -0.15) is 0 Å². The monoisotopic (exact) mass is 264 g/mol. The van der Waals surface area contributed by atoms with Crippen molar-refractivity contribution >= 4 is 5.69 Å². The van der Waals surface area contributed by atoms with E-state index in [9.17, 15) is 4.39 Å². The largest absolute Gasteiger partial charge is 0.372 e. The predicted octanol–water partition coefficient (Wildman–Crippen LogP) is 3.69. The molecular formula is C16H25FN2. The number of rotatable bonds is 4. The third-order valence-electron chi connectivity index (χ3n) is 4.53. The summed E-state index contributed by atoms with van der Waals surface area (Å²) >= 11 is 0. The van der Waals surface area contributed by atoms with Crippen LogP contribution in [0.4, 0.5) is 10.1 Å². The molecule has 0 aliphatic heterocycles. The summed E-state index contributed by atoms with van der Waals surface area (Å²) in [5, 5.41) is 0. The Morgan fingerprint density at radius 1 is 1.21 bits per heavy atom. The lowest BCUT2D eigenvalue weighted by molar-refractivity contribution is 0.313. The smallest absolute Gasteiger partial charge is 0.125 e. The van der Waals surface area contributed by atoms with Gasteiger partial charge in [0.05, 0.1) is 0 Å². The van der Waals surface area contributed by atoms with Gasteiger partial charge in [0, 0.05) is 25.3 Å². The molecule has 1 aliphatic rings. The summed E-state index contributed by atoms with van der Waals surface area (Å²) in [6.45, 7) is 2.66. The lowest BCUT2D eigenvalue weighted by Crippen LogP contribution is -2.35. The summed E-state index contributed by atoms with van der Waals surface area (Å²) in [4.78, 5) is 2.23. The highest BCUT2D eigenvalue weighted by Gasteiger charge is 2.23. The van der Waals surface area contributed by atoms with Gasteiger partial charge in [0.25, 0.3) is 0 Å². The lowest BCUT2D eigenvalue weighted by Gasteiger charge is -2.36. The molecule has 1 aliphatic carbocycles. The third-order valence-corrected chi connectivity index (χ3v) is 4.53. The highest BCUT2D eigenvalue weighted by atomic mass is 19.1. The summed E-state index contributed by atoms with van der Waals surface area (Å²) < 4.78 is 13.6. The van der Waals surface area contributed by atoms with E-state index in [0.29, 0.717) is 12.6 Å². The van der Waals surface area contributed by atoms with Gasteiger partial charge in [0.2, 0.25) is 0 Å². The van der Waals surface area contributed by atoms with E-state index in [1.54, 1.807) is 6.07 Å². The second-order valence-corrected chi connectivity index (χ2v) is 5.72. The molecule has 19 heavy (non-hydrogen) atoms. The first kappa shape index (κ1) is 14.3. The summed E-state index contributed by atoms with van der Waals surface area (Å²) in [6, 6.07) is 5.68. The van der Waals surface area contributed by atoms with Gasteiger partial charge in [-0.15, -0.1) is 0 Å². The molecule has 0 unspecified atom stereocenters. The molecule has 0 amide bonds. The Kier molecular flexibility index (Phi) is 4.81. The van der Waals surface area contributed by atoms with E-state index in [-0.39, 0.29) is 5.82 Å². The normalized spacial score (nSPS) is 23.4. The highest BCUT2D eigenvalue weighted by Crippen LogP contribution is 2.31. The number of hydrogen-bond donors (Lipinski definition) is 1. The van der Waals surface area contributed by atoms with E-state index < -0.39 is 0 Å². The Bertz CT molecular complexity index is 411. The van der Waals surface area contributed by atoms with Crippen LogP contribution in [-0.2, 0) is 6.54 Å². The first-order valence-electron chi connectivity index (χ1n) is 7.36. The Balaban J connectivity index is 2.07. The Morgan fingerprint density at radius 3 is 2.47 bits per heavy atom. The SMILES string of the molecule is CCC1CCC(N(C)c2cc(F)cc(CN)c2)CC1. The average molecular weight is 264 g/mol. The minimum absolute atomic E-state index is 0.188. The molecule has 0 heterocycles. The zero-order valence-corrected chi connectivity index (χ0v) is 12.0. The Hall–Kier alpha value is -1.09. The van der Waals surface area contributed by atoms with Crippen molar-refractivity contribution in [1.29, 1.82) is 0 Å². The van der Waals surface area contributed by atoms with Gasteiger partial charge in [0.1, 0.15) is 5.82 Å². The summed E-state index contributed by atoms with van der Waals surface area (Å²) in [5.41, 5.74) is 7.44. The van der Waals surface area contributed by atoms with Crippen LogP contribution in [0.1, 0.15) is 44.6 Å². The molecule has 1 fully saturated rings. The number of nitrogens with two attached hydrogens (primary N) is 1. The van der Waals surface area contributed by atoms with Crippen molar-refractivity contribution in [3.05, 3.63) is 29.6 Å². The second-order valence-electron chi connectivity index (χ2n) is 5.72. The molecule has 1 aromatic rings. The summed E-state index contributed by atoms with van der Waals surface area (Å²) in [5.74, 6) is 0.698. The maximum absolute atomic E-state index is 13.6. The molecule has 1 aromatic carbocycles. The highest BCUT2D eigenvalue weighted by molar-refractivity contribution is 5.49. The molecule has 0 bridgehead atoms. The molecule has 2 rings (SSSR count). The van der Waals surface area contributed by atoms with Crippen molar-refractivity contribution in [2.45, 2.75) is 51.6 Å². The zero-order valence-electron chi connectivity index (χ0n) is 12.0. The van der Waals surface area contributed by atoms with Crippen molar-refractivity contribution in [2.75, 3.05) is 11.9 Å². The number of hydrogen-bond acceptors (Lipinski definition) is 2. The minimum Gasteiger partial charge on any atom is -0.372 e. The molecule has 106 valence electrons. The molecule has 0 saturated heterocycles. The topological polar surface area (TPSA) is 29.3 Å². The molecule has 2 nitrogen and oxygen atoms in total. The van der Waals surface area contributed by atoms with Crippen LogP contribution in [0, 0.1) is 11.7 Å². The fraction of sp³-hybridized carbons (Fsp3) is 0.625. The fourth-order valence-corrected chi connectivity index (χ4v) is 3.11. The molecule has 2 N–H and O–H groups in total. The van der Waals surface area contributed by atoms with Crippen molar-refractivity contribution in [2.24, 2.45) is 11.7 Å². The molecule has 0 spiro atoms. The van der Waals surface area contributed by atoms with E-state index in [2.05, 4.69) is 18.9 Å². The Morgan fingerprint density at radius 2 is 1.89 bits per heavy atom. The van der Waals surface area contributed by atoms with E-state index in [0.717, 1.165) is 17.2 Å². The molecule has 0 atom stereocenters. The fourth-order valence-electron chi connectivity index (χ4n) is 3.11. The standard InChI is InChI=1S/C16H25FN2/c1-3-12-4-6-15(7-5-12)19(2)16-9-13(11-18)8-14(17)10-16/h8-10,12,15H,3-7,11,18H2,1-2H3. The van der Waals surface area contributed by atoms with Crippen LogP contribution in [0.15, 0.2) is 18.2 Å². The third kappa shape index (κ3) is 3.47. The zero-order chi connectivity index (χ0) is 13.8. The molecule has 1 saturated carbocycles. The van der Waals surface area contributed by atoms with Gasteiger partial charge in [-0.1, -0.05) is 13.3 Å². The van der Waals surface area contributed by atoms with Crippen LogP contribution in [0.5, 0.6) is 0 Å². The lowest BCUT2D eigenvalue weighted by atomic mass is 9.84. The maximum atomic E-state index is 13.6. The number of halogens is 1. The average Bonchev–Trinajstić information content (AvgIpc) is 2.46. The van der Waals surface area contributed by atoms with Crippen molar-refractivity contribution in [3.8, 4) is 0 Å². The van der Waals surface area contributed by atoms with Crippen LogP contribution in [0.3, 0.4) is 0 Å². The van der Waals surface area contributed by atoms with E-state index in [1.165, 1.54) is 38.2 Å². The van der Waals surface area contributed by atoms with Gasteiger partial charge in [0.15, 0.2) is 0 Å². The molecule has 0 aromatic heterocycles. The van der Waals surface area contributed by atoms with Crippen LogP contribution in [-0.4, -0.2) is 13.1 Å². The Labute approximate surface area is 115 Å². The quantitative estimate of drug-likeness (QED) is 0.898. The molecule has 3 heteroatoms. The number of anilines is 1. The van der Waals surface area contributed by atoms with Crippen molar-refractivity contribution < 1.29 is 4.39 Å². The number of nitrogens with zero attached hydrogens (tertiary/aromatic N) is 1. The van der Waals surface area contributed by atoms with Gasteiger partial charge in [-0.25, -0.2) is 4.39 Å². The van der Waals surface area contributed by atoms with Crippen molar-refractivity contribution in [3.63, 3.8) is 0 Å². The van der Waals surface area contributed by atoms with Crippen molar-refractivity contribution in [1.82, 2.24) is 0 Å². The van der Waals surface area contributed by atoms with Gasteiger partial charge < -0.3 is 10.6 Å². The first-order chi connectivity index (χ1) is 9.13. The van der Waals surface area contributed by atoms with Gasteiger partial charge in [-0.3, -0.25) is 0 Å².